The minimum Gasteiger partial charge on any atom is -0.479 e. The molecule has 0 saturated heterocycles. The van der Waals surface area contributed by atoms with Gasteiger partial charge in [-0.25, -0.2) is 9.59 Å². The Kier molecular flexibility index (Phi) is 9.25. The molecule has 0 aliphatic carbocycles. The van der Waals surface area contributed by atoms with Crippen molar-refractivity contribution >= 4 is 23.5 Å². The molecule has 192 valence electrons. The molecule has 3 heterocycles. The molecule has 0 fully saturated rings. The highest BCUT2D eigenvalue weighted by Gasteiger charge is 2.29. The van der Waals surface area contributed by atoms with E-state index in [2.05, 4.69) is 9.88 Å². The summed E-state index contributed by atoms with van der Waals surface area (Å²) in [6, 6.07) is 13.7. The van der Waals surface area contributed by atoms with E-state index in [1.807, 2.05) is 49.4 Å². The molecular weight excluding hydrogens is 496 g/mol. The number of fused-ring (bicyclic) bond motifs is 1. The third kappa shape index (κ3) is 7.43. The average Bonchev–Trinajstić information content (AvgIpc) is 3.47. The highest BCUT2D eigenvalue weighted by Crippen LogP contribution is 2.37. The van der Waals surface area contributed by atoms with Crippen molar-refractivity contribution < 1.29 is 43.9 Å². The van der Waals surface area contributed by atoms with Gasteiger partial charge in [0.05, 0.1) is 12.2 Å². The summed E-state index contributed by atoms with van der Waals surface area (Å²) in [4.78, 5) is 26.2. The molecule has 0 spiro atoms. The van der Waals surface area contributed by atoms with E-state index >= 15 is 0 Å². The number of aryl methyl sites for hydroxylation is 1. The molecule has 2 aromatic heterocycles. The number of aliphatic carboxylic acids is 2. The van der Waals surface area contributed by atoms with Crippen LogP contribution in [0.4, 0.5) is 0 Å². The smallest absolute Gasteiger partial charge is 0.335 e. The minimum atomic E-state index is -2.27. The summed E-state index contributed by atoms with van der Waals surface area (Å²) in [5.74, 6) is -0.299. The standard InChI is InChI=1S/C20H19ClN2O3.C4H6O6/c1-14-5-6-17(26-14)12-23(11-16-4-2-3-7-22-16)10-15-8-19-20(9-18(15)21)25-13-24-19;5-1(3(7)8)2(6)4(9)10/h2-9H,10-13H2,1H3;1-2,5-6H,(H,7,8)(H,9,10). The van der Waals surface area contributed by atoms with Crippen molar-refractivity contribution in [3.05, 3.63) is 76.5 Å². The number of hydrogen-bond donors (Lipinski definition) is 4. The van der Waals surface area contributed by atoms with E-state index in [4.69, 9.17) is 45.9 Å². The molecule has 2 unspecified atom stereocenters. The van der Waals surface area contributed by atoms with Crippen LogP contribution in [-0.2, 0) is 29.2 Å². The Morgan fingerprint density at radius 1 is 1.00 bits per heavy atom. The Morgan fingerprint density at radius 2 is 1.67 bits per heavy atom. The first-order chi connectivity index (χ1) is 17.1. The van der Waals surface area contributed by atoms with Gasteiger partial charge in [-0.3, -0.25) is 9.88 Å². The van der Waals surface area contributed by atoms with Gasteiger partial charge in [0.15, 0.2) is 23.7 Å². The normalized spacial score (nSPS) is 13.6. The maximum Gasteiger partial charge on any atom is 0.335 e. The summed E-state index contributed by atoms with van der Waals surface area (Å²) >= 11 is 6.46. The van der Waals surface area contributed by atoms with Gasteiger partial charge in [0.25, 0.3) is 0 Å². The van der Waals surface area contributed by atoms with Crippen LogP contribution < -0.4 is 9.47 Å². The van der Waals surface area contributed by atoms with E-state index in [1.54, 1.807) is 6.20 Å². The Balaban J connectivity index is 0.000000308. The number of pyridine rings is 1. The number of furan rings is 1. The molecule has 36 heavy (non-hydrogen) atoms. The Labute approximate surface area is 211 Å². The maximum atomic E-state index is 9.77. The number of aromatic nitrogens is 1. The van der Waals surface area contributed by atoms with E-state index in [0.717, 1.165) is 28.5 Å². The number of halogens is 1. The van der Waals surface area contributed by atoms with Crippen LogP contribution in [0.1, 0.15) is 22.8 Å². The van der Waals surface area contributed by atoms with E-state index in [0.29, 0.717) is 30.4 Å². The Hall–Kier alpha value is -3.64. The molecule has 2 atom stereocenters. The first-order valence-electron chi connectivity index (χ1n) is 10.7. The number of ether oxygens (including phenoxy) is 2. The van der Waals surface area contributed by atoms with Crippen molar-refractivity contribution in [1.82, 2.24) is 9.88 Å². The predicted octanol–water partition coefficient (Wildman–Crippen LogP) is 2.44. The van der Waals surface area contributed by atoms with Gasteiger partial charge in [0.2, 0.25) is 6.79 Å². The van der Waals surface area contributed by atoms with Crippen LogP contribution in [0.15, 0.2) is 53.1 Å². The van der Waals surface area contributed by atoms with E-state index in [1.165, 1.54) is 0 Å². The highest BCUT2D eigenvalue weighted by molar-refractivity contribution is 6.31. The first kappa shape index (κ1) is 27.0. The van der Waals surface area contributed by atoms with Gasteiger partial charge in [-0.2, -0.15) is 0 Å². The predicted molar refractivity (Wildman–Crippen MR) is 125 cm³/mol. The van der Waals surface area contributed by atoms with Gasteiger partial charge in [-0.05, 0) is 42.8 Å². The number of carbonyl (C=O) groups is 2. The number of nitrogens with zero attached hydrogens (tertiary/aromatic N) is 2. The van der Waals surface area contributed by atoms with E-state index in [9.17, 15) is 9.59 Å². The second-order valence-electron chi connectivity index (χ2n) is 7.84. The van der Waals surface area contributed by atoms with Crippen LogP contribution in [0.3, 0.4) is 0 Å². The number of benzene rings is 1. The van der Waals surface area contributed by atoms with Gasteiger partial charge in [-0.15, -0.1) is 0 Å². The van der Waals surface area contributed by atoms with Crippen molar-refractivity contribution in [2.75, 3.05) is 6.79 Å². The molecule has 0 bridgehead atoms. The summed E-state index contributed by atoms with van der Waals surface area (Å²) < 4.78 is 16.6. The van der Waals surface area contributed by atoms with Gasteiger partial charge < -0.3 is 34.3 Å². The van der Waals surface area contributed by atoms with E-state index < -0.39 is 24.1 Å². The zero-order valence-electron chi connectivity index (χ0n) is 19.2. The van der Waals surface area contributed by atoms with Crippen LogP contribution in [0, 0.1) is 6.92 Å². The largest absolute Gasteiger partial charge is 0.479 e. The number of carboxylic acids is 2. The molecule has 0 amide bonds. The third-order valence-electron chi connectivity index (χ3n) is 5.03. The minimum absolute atomic E-state index is 0.235. The summed E-state index contributed by atoms with van der Waals surface area (Å²) in [6.07, 6.45) is -2.73. The number of aliphatic hydroxyl groups excluding tert-OH is 2. The maximum absolute atomic E-state index is 9.77. The quantitative estimate of drug-likeness (QED) is 0.327. The molecule has 0 saturated carbocycles. The fourth-order valence-corrected chi connectivity index (χ4v) is 3.48. The topological polar surface area (TPSA) is 163 Å². The monoisotopic (exact) mass is 520 g/mol. The molecule has 11 nitrogen and oxygen atoms in total. The molecule has 1 aliphatic heterocycles. The van der Waals surface area contributed by atoms with Crippen molar-refractivity contribution in [1.29, 1.82) is 0 Å². The fraction of sp³-hybridized carbons (Fsp3) is 0.292. The first-order valence-corrected chi connectivity index (χ1v) is 11.1. The van der Waals surface area contributed by atoms with E-state index in [-0.39, 0.29) is 6.79 Å². The number of aliphatic hydroxyl groups is 2. The van der Waals surface area contributed by atoms with Crippen LogP contribution in [-0.4, -0.2) is 61.2 Å². The van der Waals surface area contributed by atoms with Gasteiger partial charge in [0.1, 0.15) is 11.5 Å². The Morgan fingerprint density at radius 3 is 2.22 bits per heavy atom. The summed E-state index contributed by atoms with van der Waals surface area (Å²) in [6.45, 7) is 4.17. The van der Waals surface area contributed by atoms with Gasteiger partial charge in [0, 0.05) is 30.4 Å². The van der Waals surface area contributed by atoms with Crippen LogP contribution in [0.25, 0.3) is 0 Å². The molecule has 1 aromatic carbocycles. The van der Waals surface area contributed by atoms with Crippen LogP contribution in [0.2, 0.25) is 5.02 Å². The Bertz CT molecular complexity index is 1170. The molecule has 4 rings (SSSR count). The zero-order chi connectivity index (χ0) is 26.2. The highest BCUT2D eigenvalue weighted by atomic mass is 35.5. The summed E-state index contributed by atoms with van der Waals surface area (Å²) in [5, 5.41) is 33.2. The second kappa shape index (κ2) is 12.4. The number of hydrogen-bond acceptors (Lipinski definition) is 9. The molecule has 12 heteroatoms. The third-order valence-corrected chi connectivity index (χ3v) is 5.38. The van der Waals surface area contributed by atoms with Crippen molar-refractivity contribution in [2.24, 2.45) is 0 Å². The van der Waals surface area contributed by atoms with Crippen molar-refractivity contribution in [3.8, 4) is 11.5 Å². The lowest BCUT2D eigenvalue weighted by molar-refractivity contribution is -0.165. The lowest BCUT2D eigenvalue weighted by atomic mass is 10.1. The molecule has 0 radical (unpaired) electrons. The lowest BCUT2D eigenvalue weighted by Crippen LogP contribution is -2.39. The fourth-order valence-electron chi connectivity index (χ4n) is 3.27. The number of rotatable bonds is 9. The molecule has 4 N–H and O–H groups in total. The molecule has 1 aliphatic rings. The summed E-state index contributed by atoms with van der Waals surface area (Å²) in [7, 11) is 0. The van der Waals surface area contributed by atoms with Crippen molar-refractivity contribution in [2.45, 2.75) is 38.8 Å². The number of carboxylic acid groups (broad SMARTS) is 2. The zero-order valence-corrected chi connectivity index (χ0v) is 20.0. The average molecular weight is 521 g/mol. The SMILES string of the molecule is Cc1ccc(CN(Cc2ccccn2)Cc2cc3c(cc2Cl)OCO3)o1.O=C(O)C(O)C(O)C(=O)O. The van der Waals surface area contributed by atoms with Crippen LogP contribution >= 0.6 is 11.6 Å². The van der Waals surface area contributed by atoms with Gasteiger partial charge in [-0.1, -0.05) is 17.7 Å². The second-order valence-corrected chi connectivity index (χ2v) is 8.25. The van der Waals surface area contributed by atoms with Crippen molar-refractivity contribution in [3.63, 3.8) is 0 Å². The molecule has 3 aromatic rings. The van der Waals surface area contributed by atoms with Gasteiger partial charge >= 0.3 is 11.9 Å². The lowest BCUT2D eigenvalue weighted by Gasteiger charge is -2.22. The summed E-state index contributed by atoms with van der Waals surface area (Å²) in [5.41, 5.74) is 1.97. The van der Waals surface area contributed by atoms with Crippen LogP contribution in [0.5, 0.6) is 11.5 Å². The molecular formula is C24H25ClN2O9.